The summed E-state index contributed by atoms with van der Waals surface area (Å²) >= 11 is 0. The van der Waals surface area contributed by atoms with Gasteiger partial charge in [-0.3, -0.25) is 14.9 Å². The van der Waals surface area contributed by atoms with Gasteiger partial charge in [0.05, 0.1) is 11.4 Å². The van der Waals surface area contributed by atoms with Crippen LogP contribution >= 0.6 is 0 Å². The Bertz CT molecular complexity index is 1540. The number of nitrogens with zero attached hydrogens (tertiary/aromatic N) is 3. The van der Waals surface area contributed by atoms with Crippen molar-refractivity contribution in [1.82, 2.24) is 14.9 Å². The Morgan fingerprint density at radius 3 is 1.79 bits per heavy atom. The molecule has 2 heterocycles. The van der Waals surface area contributed by atoms with Crippen LogP contribution in [-0.2, 0) is 19.5 Å². The minimum atomic E-state index is 0.867. The maximum absolute atomic E-state index is 4.54. The third-order valence-corrected chi connectivity index (χ3v) is 7.76. The summed E-state index contributed by atoms with van der Waals surface area (Å²) in [6.45, 7) is 2.81. The molecule has 190 valence electrons. The van der Waals surface area contributed by atoms with Crippen LogP contribution in [0.5, 0.6) is 0 Å². The topological polar surface area (TPSA) is 29.0 Å². The van der Waals surface area contributed by atoms with Gasteiger partial charge in [-0.1, -0.05) is 86.0 Å². The van der Waals surface area contributed by atoms with Gasteiger partial charge in [-0.25, -0.2) is 0 Å². The van der Waals surface area contributed by atoms with Crippen molar-refractivity contribution in [3.8, 4) is 0 Å². The molecule has 0 bridgehead atoms. The molecule has 6 aromatic rings. The summed E-state index contributed by atoms with van der Waals surface area (Å²) in [6, 6.07) is 32.8. The van der Waals surface area contributed by atoms with Gasteiger partial charge in [-0.05, 0) is 88.0 Å². The van der Waals surface area contributed by atoms with Gasteiger partial charge < -0.3 is 0 Å². The lowest BCUT2D eigenvalue weighted by atomic mass is 9.90. The molecule has 0 radical (unpaired) electrons. The monoisotopic (exact) mass is 497 g/mol. The first kappa shape index (κ1) is 24.5. The molecule has 0 saturated heterocycles. The van der Waals surface area contributed by atoms with E-state index < -0.39 is 0 Å². The second kappa shape index (κ2) is 11.7. The number of pyridine rings is 2. The van der Waals surface area contributed by atoms with Crippen LogP contribution in [-0.4, -0.2) is 21.4 Å². The van der Waals surface area contributed by atoms with Gasteiger partial charge in [0.1, 0.15) is 0 Å². The lowest BCUT2D eigenvalue weighted by molar-refractivity contribution is 0.244. The van der Waals surface area contributed by atoms with Gasteiger partial charge >= 0.3 is 0 Å². The number of aryl methyl sites for hydroxylation is 1. The molecule has 0 atom stereocenters. The van der Waals surface area contributed by atoms with Gasteiger partial charge in [0.2, 0.25) is 0 Å². The SMILES string of the molecule is c1ccc(CN(CCCCCCCc2ccc3ccc4cccc5ccc2c3c45)Cc2ccccn2)nc1. The van der Waals surface area contributed by atoms with E-state index in [9.17, 15) is 0 Å². The van der Waals surface area contributed by atoms with E-state index in [0.29, 0.717) is 0 Å². The standard InChI is InChI=1S/C35H35N3/c1(3-9-24-38(25-31-14-5-7-22-36-31)26-32-15-6-8-23-37-32)2-4-11-27-16-17-30-19-18-28-12-10-13-29-20-21-33(27)35(30)34(28)29/h5-8,10,12-23H,1-4,9,11,24-26H2. The van der Waals surface area contributed by atoms with Crippen molar-refractivity contribution in [3.63, 3.8) is 0 Å². The summed E-state index contributed by atoms with van der Waals surface area (Å²) < 4.78 is 0. The van der Waals surface area contributed by atoms with E-state index in [1.807, 2.05) is 24.5 Å². The third kappa shape index (κ3) is 5.54. The predicted molar refractivity (Wildman–Crippen MR) is 160 cm³/mol. The Hall–Kier alpha value is -3.82. The first-order chi connectivity index (χ1) is 18.8. The normalized spacial score (nSPS) is 11.8. The average molecular weight is 498 g/mol. The summed E-state index contributed by atoms with van der Waals surface area (Å²) in [7, 11) is 0. The number of hydrogen-bond donors (Lipinski definition) is 0. The molecular weight excluding hydrogens is 462 g/mol. The van der Waals surface area contributed by atoms with Crippen molar-refractivity contribution in [3.05, 3.63) is 120 Å². The molecule has 0 amide bonds. The van der Waals surface area contributed by atoms with Crippen LogP contribution in [0.25, 0.3) is 32.3 Å². The lowest BCUT2D eigenvalue weighted by Crippen LogP contribution is -2.25. The molecule has 0 N–H and O–H groups in total. The molecule has 0 unspecified atom stereocenters. The highest BCUT2D eigenvalue weighted by molar-refractivity contribution is 6.23. The highest BCUT2D eigenvalue weighted by Crippen LogP contribution is 2.36. The Balaban J connectivity index is 1.02. The summed E-state index contributed by atoms with van der Waals surface area (Å²) in [5.41, 5.74) is 3.74. The highest BCUT2D eigenvalue weighted by atomic mass is 15.1. The summed E-state index contributed by atoms with van der Waals surface area (Å²) in [5.74, 6) is 0. The van der Waals surface area contributed by atoms with Crippen molar-refractivity contribution in [1.29, 1.82) is 0 Å². The molecule has 2 aromatic heterocycles. The molecule has 0 aliphatic heterocycles. The Morgan fingerprint density at radius 2 is 1.11 bits per heavy atom. The van der Waals surface area contributed by atoms with E-state index in [1.165, 1.54) is 70.0 Å². The fourth-order valence-corrected chi connectivity index (χ4v) is 5.85. The molecule has 3 nitrogen and oxygen atoms in total. The number of hydrogen-bond acceptors (Lipinski definition) is 3. The smallest absolute Gasteiger partial charge is 0.0544 e. The predicted octanol–water partition coefficient (Wildman–Crippen LogP) is 8.57. The molecule has 0 spiro atoms. The lowest BCUT2D eigenvalue weighted by Gasteiger charge is -2.21. The molecule has 0 aliphatic carbocycles. The zero-order valence-corrected chi connectivity index (χ0v) is 22.0. The van der Waals surface area contributed by atoms with Crippen LogP contribution < -0.4 is 0 Å². The van der Waals surface area contributed by atoms with E-state index >= 15 is 0 Å². The largest absolute Gasteiger partial charge is 0.292 e. The fourth-order valence-electron chi connectivity index (χ4n) is 5.85. The van der Waals surface area contributed by atoms with Crippen LogP contribution in [0.1, 0.15) is 49.1 Å². The number of rotatable bonds is 12. The summed E-state index contributed by atoms with van der Waals surface area (Å²) in [5, 5.41) is 8.35. The Kier molecular flexibility index (Phi) is 7.55. The van der Waals surface area contributed by atoms with Crippen LogP contribution in [0.4, 0.5) is 0 Å². The molecule has 0 fully saturated rings. The van der Waals surface area contributed by atoms with Gasteiger partial charge in [-0.15, -0.1) is 0 Å². The van der Waals surface area contributed by atoms with E-state index in [4.69, 9.17) is 0 Å². The van der Waals surface area contributed by atoms with Crippen molar-refractivity contribution >= 4 is 32.3 Å². The zero-order valence-electron chi connectivity index (χ0n) is 22.0. The first-order valence-corrected chi connectivity index (χ1v) is 14.0. The zero-order chi connectivity index (χ0) is 25.6. The van der Waals surface area contributed by atoms with Gasteiger partial charge in [0.15, 0.2) is 0 Å². The van der Waals surface area contributed by atoms with Gasteiger partial charge in [0.25, 0.3) is 0 Å². The molecule has 3 heteroatoms. The molecule has 4 aromatic carbocycles. The van der Waals surface area contributed by atoms with E-state index in [-0.39, 0.29) is 0 Å². The summed E-state index contributed by atoms with van der Waals surface area (Å²) in [4.78, 5) is 11.6. The minimum absolute atomic E-state index is 0.867. The minimum Gasteiger partial charge on any atom is -0.292 e. The Morgan fingerprint density at radius 1 is 0.500 bits per heavy atom. The van der Waals surface area contributed by atoms with E-state index in [1.54, 1.807) is 0 Å². The maximum Gasteiger partial charge on any atom is 0.0544 e. The quantitative estimate of drug-likeness (QED) is 0.125. The van der Waals surface area contributed by atoms with Crippen molar-refractivity contribution in [2.45, 2.75) is 51.6 Å². The molecule has 0 saturated carbocycles. The second-order valence-corrected chi connectivity index (χ2v) is 10.5. The second-order valence-electron chi connectivity index (χ2n) is 10.5. The van der Waals surface area contributed by atoms with E-state index in [2.05, 4.69) is 93.7 Å². The molecule has 6 rings (SSSR count). The average Bonchev–Trinajstić information content (AvgIpc) is 2.97. The van der Waals surface area contributed by atoms with Crippen LogP contribution in [0.2, 0.25) is 0 Å². The fraction of sp³-hybridized carbons (Fsp3) is 0.257. The maximum atomic E-state index is 4.54. The summed E-state index contributed by atoms with van der Waals surface area (Å²) in [6.07, 6.45) is 11.2. The molecule has 38 heavy (non-hydrogen) atoms. The Labute approximate surface area is 225 Å². The molecular formula is C35H35N3. The first-order valence-electron chi connectivity index (χ1n) is 14.0. The number of aromatic nitrogens is 2. The van der Waals surface area contributed by atoms with Crippen LogP contribution in [0, 0.1) is 0 Å². The number of unbranched alkanes of at least 4 members (excludes halogenated alkanes) is 4. The number of benzene rings is 4. The van der Waals surface area contributed by atoms with Crippen LogP contribution in [0.15, 0.2) is 103 Å². The van der Waals surface area contributed by atoms with Crippen molar-refractivity contribution in [2.24, 2.45) is 0 Å². The van der Waals surface area contributed by atoms with Gasteiger partial charge in [0, 0.05) is 25.5 Å². The molecule has 0 aliphatic rings. The van der Waals surface area contributed by atoms with Gasteiger partial charge in [-0.2, -0.15) is 0 Å². The van der Waals surface area contributed by atoms with Crippen molar-refractivity contribution < 1.29 is 0 Å². The third-order valence-electron chi connectivity index (χ3n) is 7.76. The van der Waals surface area contributed by atoms with E-state index in [0.717, 1.165) is 37.4 Å². The van der Waals surface area contributed by atoms with Crippen molar-refractivity contribution in [2.75, 3.05) is 6.54 Å². The highest BCUT2D eigenvalue weighted by Gasteiger charge is 2.11. The van der Waals surface area contributed by atoms with Crippen LogP contribution in [0.3, 0.4) is 0 Å².